The van der Waals surface area contributed by atoms with Gasteiger partial charge in [0.15, 0.2) is 0 Å². The molecule has 0 atom stereocenters. The van der Waals surface area contributed by atoms with E-state index in [1.165, 1.54) is 28.3 Å². The highest BCUT2D eigenvalue weighted by molar-refractivity contribution is 7.15. The number of nitrogens with zero attached hydrogens (tertiary/aromatic N) is 2. The molecule has 0 fully saturated rings. The molecule has 3 rings (SSSR count). The SMILES string of the molecule is CC1(C)Cc2c(sc(-n3nccc3C(N)=O)c2C(N)=O)C(C)(C)O1. The van der Waals surface area contributed by atoms with E-state index in [0.717, 1.165) is 10.4 Å². The van der Waals surface area contributed by atoms with Crippen molar-refractivity contribution in [3.05, 3.63) is 34.0 Å². The molecular weight excluding hydrogens is 328 g/mol. The zero-order valence-electron chi connectivity index (χ0n) is 14.0. The molecule has 0 radical (unpaired) electrons. The zero-order chi connectivity index (χ0) is 17.9. The number of carbonyl (C=O) groups is 2. The fourth-order valence-corrected chi connectivity index (χ4v) is 4.70. The highest BCUT2D eigenvalue weighted by Crippen LogP contribution is 2.47. The van der Waals surface area contributed by atoms with Gasteiger partial charge in [-0.25, -0.2) is 4.68 Å². The van der Waals surface area contributed by atoms with Gasteiger partial charge in [-0.05, 0) is 39.3 Å². The van der Waals surface area contributed by atoms with Crippen LogP contribution in [0.4, 0.5) is 0 Å². The molecule has 128 valence electrons. The van der Waals surface area contributed by atoms with Crippen LogP contribution in [0, 0.1) is 0 Å². The molecule has 0 unspecified atom stereocenters. The van der Waals surface area contributed by atoms with Gasteiger partial charge in [-0.1, -0.05) is 0 Å². The Hall–Kier alpha value is -2.19. The van der Waals surface area contributed by atoms with Crippen molar-refractivity contribution in [2.24, 2.45) is 11.5 Å². The van der Waals surface area contributed by atoms with Gasteiger partial charge in [0.2, 0.25) is 0 Å². The maximum Gasteiger partial charge on any atom is 0.267 e. The van der Waals surface area contributed by atoms with Gasteiger partial charge < -0.3 is 16.2 Å². The second kappa shape index (κ2) is 5.15. The third kappa shape index (κ3) is 2.51. The van der Waals surface area contributed by atoms with Crippen molar-refractivity contribution in [3.63, 3.8) is 0 Å². The number of aromatic nitrogens is 2. The maximum absolute atomic E-state index is 12.2. The summed E-state index contributed by atoms with van der Waals surface area (Å²) >= 11 is 1.35. The van der Waals surface area contributed by atoms with Crippen LogP contribution in [0.25, 0.3) is 5.00 Å². The number of nitrogens with two attached hydrogens (primary N) is 2. The predicted octanol–water partition coefficient (Wildman–Crippen LogP) is 1.72. The van der Waals surface area contributed by atoms with Gasteiger partial charge in [-0.3, -0.25) is 9.59 Å². The molecular formula is C16H20N4O3S. The van der Waals surface area contributed by atoms with Gasteiger partial charge in [0, 0.05) is 11.3 Å². The van der Waals surface area contributed by atoms with E-state index in [1.807, 2.05) is 27.7 Å². The molecule has 0 bridgehead atoms. The Kier molecular flexibility index (Phi) is 3.58. The Morgan fingerprint density at radius 2 is 1.92 bits per heavy atom. The van der Waals surface area contributed by atoms with Gasteiger partial charge >= 0.3 is 0 Å². The zero-order valence-corrected chi connectivity index (χ0v) is 14.9. The van der Waals surface area contributed by atoms with Crippen LogP contribution >= 0.6 is 11.3 Å². The molecule has 0 aromatic carbocycles. The molecule has 2 aromatic heterocycles. The molecule has 0 saturated carbocycles. The Labute approximate surface area is 143 Å². The van der Waals surface area contributed by atoms with Crippen molar-refractivity contribution in [1.29, 1.82) is 0 Å². The van der Waals surface area contributed by atoms with Crippen LogP contribution in [0.2, 0.25) is 0 Å². The van der Waals surface area contributed by atoms with Gasteiger partial charge in [0.1, 0.15) is 10.7 Å². The standard InChI is InChI=1S/C16H20N4O3S/c1-15(2)7-8-10(13(18)22)14(24-11(8)16(3,4)23-15)20-9(12(17)21)5-6-19-20/h5-6H,7H2,1-4H3,(H2,17,21)(H2,18,22). The Balaban J connectivity index is 2.31. The van der Waals surface area contributed by atoms with Gasteiger partial charge in [0.25, 0.3) is 11.8 Å². The molecule has 1 aliphatic heterocycles. The third-order valence-corrected chi connectivity index (χ3v) is 5.52. The van der Waals surface area contributed by atoms with E-state index < -0.39 is 23.0 Å². The minimum atomic E-state index is -0.620. The molecule has 24 heavy (non-hydrogen) atoms. The van der Waals surface area contributed by atoms with E-state index in [1.54, 1.807) is 0 Å². The second-order valence-corrected chi connectivity index (χ2v) is 7.99. The quantitative estimate of drug-likeness (QED) is 0.879. The third-order valence-electron chi connectivity index (χ3n) is 4.00. The summed E-state index contributed by atoms with van der Waals surface area (Å²) in [6, 6.07) is 1.51. The molecule has 0 spiro atoms. The summed E-state index contributed by atoms with van der Waals surface area (Å²) < 4.78 is 7.55. The average molecular weight is 348 g/mol. The summed E-state index contributed by atoms with van der Waals surface area (Å²) in [7, 11) is 0. The summed E-state index contributed by atoms with van der Waals surface area (Å²) in [5.74, 6) is -1.17. The summed E-state index contributed by atoms with van der Waals surface area (Å²) in [4.78, 5) is 24.7. The number of carbonyl (C=O) groups excluding carboxylic acids is 2. The van der Waals surface area contributed by atoms with Gasteiger partial charge in [-0.2, -0.15) is 5.10 Å². The van der Waals surface area contributed by atoms with Crippen LogP contribution in [-0.4, -0.2) is 27.2 Å². The van der Waals surface area contributed by atoms with E-state index >= 15 is 0 Å². The Bertz CT molecular complexity index is 848. The summed E-state index contributed by atoms with van der Waals surface area (Å²) in [6.45, 7) is 7.86. The van der Waals surface area contributed by atoms with E-state index in [9.17, 15) is 9.59 Å². The number of ether oxygens (including phenoxy) is 1. The summed E-state index contributed by atoms with van der Waals surface area (Å²) in [5.41, 5.74) is 11.5. The number of rotatable bonds is 3. The molecule has 0 saturated heterocycles. The molecule has 4 N–H and O–H groups in total. The van der Waals surface area contributed by atoms with E-state index in [0.29, 0.717) is 17.0 Å². The lowest BCUT2D eigenvalue weighted by Gasteiger charge is -2.41. The van der Waals surface area contributed by atoms with Crippen LogP contribution in [0.15, 0.2) is 12.3 Å². The minimum Gasteiger partial charge on any atom is -0.365 e. The van der Waals surface area contributed by atoms with Crippen LogP contribution in [-0.2, 0) is 16.8 Å². The molecule has 7 nitrogen and oxygen atoms in total. The van der Waals surface area contributed by atoms with Crippen molar-refractivity contribution in [2.75, 3.05) is 0 Å². The number of primary amides is 2. The number of hydrogen-bond acceptors (Lipinski definition) is 5. The summed E-state index contributed by atoms with van der Waals surface area (Å²) in [5, 5.41) is 4.66. The molecule has 1 aliphatic rings. The lowest BCUT2D eigenvalue weighted by Crippen LogP contribution is -2.42. The first kappa shape index (κ1) is 16.7. The normalized spacial score (nSPS) is 18.2. The maximum atomic E-state index is 12.2. The van der Waals surface area contributed by atoms with E-state index in [2.05, 4.69) is 5.10 Å². The Morgan fingerprint density at radius 1 is 1.25 bits per heavy atom. The van der Waals surface area contributed by atoms with Crippen molar-refractivity contribution >= 4 is 23.2 Å². The van der Waals surface area contributed by atoms with Gasteiger partial charge in [-0.15, -0.1) is 11.3 Å². The van der Waals surface area contributed by atoms with Crippen LogP contribution in [0.1, 0.15) is 59.0 Å². The summed E-state index contributed by atoms with van der Waals surface area (Å²) in [6.07, 6.45) is 2.02. The average Bonchev–Trinajstić information content (AvgIpc) is 2.99. The first-order valence-electron chi connectivity index (χ1n) is 7.54. The lowest BCUT2D eigenvalue weighted by atomic mass is 9.86. The van der Waals surface area contributed by atoms with Crippen molar-refractivity contribution < 1.29 is 14.3 Å². The molecule has 2 amide bonds. The van der Waals surface area contributed by atoms with Crippen molar-refractivity contribution in [1.82, 2.24) is 9.78 Å². The molecule has 8 heteroatoms. The minimum absolute atomic E-state index is 0.203. The number of thiophene rings is 1. The topological polar surface area (TPSA) is 113 Å². The monoisotopic (exact) mass is 348 g/mol. The van der Waals surface area contributed by atoms with Gasteiger partial charge in [0.05, 0.1) is 23.0 Å². The highest BCUT2D eigenvalue weighted by atomic mass is 32.1. The van der Waals surface area contributed by atoms with Crippen LogP contribution in [0.3, 0.4) is 0 Å². The van der Waals surface area contributed by atoms with Crippen LogP contribution in [0.5, 0.6) is 0 Å². The second-order valence-electron chi connectivity index (χ2n) is 7.00. The fraction of sp³-hybridized carbons (Fsp3) is 0.438. The van der Waals surface area contributed by atoms with Crippen molar-refractivity contribution in [3.8, 4) is 5.00 Å². The molecule has 3 heterocycles. The van der Waals surface area contributed by atoms with E-state index in [-0.39, 0.29) is 5.69 Å². The first-order valence-corrected chi connectivity index (χ1v) is 8.35. The smallest absolute Gasteiger partial charge is 0.267 e. The molecule has 2 aromatic rings. The fourth-order valence-electron chi connectivity index (χ4n) is 3.36. The Morgan fingerprint density at radius 3 is 2.50 bits per heavy atom. The number of hydrogen-bond donors (Lipinski definition) is 2. The molecule has 0 aliphatic carbocycles. The van der Waals surface area contributed by atoms with E-state index in [4.69, 9.17) is 16.2 Å². The first-order chi connectivity index (χ1) is 11.0. The number of amides is 2. The number of fused-ring (bicyclic) bond motifs is 1. The van der Waals surface area contributed by atoms with Crippen molar-refractivity contribution in [2.45, 2.75) is 45.3 Å². The van der Waals surface area contributed by atoms with Crippen LogP contribution < -0.4 is 11.5 Å². The predicted molar refractivity (Wildman–Crippen MR) is 90.4 cm³/mol. The lowest BCUT2D eigenvalue weighted by molar-refractivity contribution is -0.135. The largest absolute Gasteiger partial charge is 0.365 e. The highest BCUT2D eigenvalue weighted by Gasteiger charge is 2.43.